The van der Waals surface area contributed by atoms with Gasteiger partial charge in [-0.2, -0.15) is 0 Å². The minimum absolute atomic E-state index is 0.226. The molecule has 27 heavy (non-hydrogen) atoms. The van der Waals surface area contributed by atoms with E-state index >= 15 is 0 Å². The van der Waals surface area contributed by atoms with E-state index in [2.05, 4.69) is 29.5 Å². The summed E-state index contributed by atoms with van der Waals surface area (Å²) >= 11 is 0. The summed E-state index contributed by atoms with van der Waals surface area (Å²) in [6.45, 7) is 2.72. The zero-order chi connectivity index (χ0) is 19.1. The molecule has 1 heterocycles. The third-order valence-corrected chi connectivity index (χ3v) is 4.53. The number of amides is 1. The van der Waals surface area contributed by atoms with Crippen molar-refractivity contribution < 1.29 is 14.1 Å². The number of methoxy groups -OCH3 is 1. The van der Waals surface area contributed by atoms with E-state index in [-0.39, 0.29) is 17.5 Å². The van der Waals surface area contributed by atoms with Crippen molar-refractivity contribution in [2.75, 3.05) is 13.7 Å². The maximum absolute atomic E-state index is 12.5. The van der Waals surface area contributed by atoms with Crippen molar-refractivity contribution >= 4 is 5.91 Å². The summed E-state index contributed by atoms with van der Waals surface area (Å²) in [6, 6.07) is 19.3. The van der Waals surface area contributed by atoms with E-state index in [9.17, 15) is 4.79 Å². The smallest absolute Gasteiger partial charge is 0.273 e. The lowest BCUT2D eigenvalue weighted by atomic mass is 9.94. The number of aromatic nitrogens is 1. The molecule has 3 aromatic rings. The number of hydrogen-bond donors (Lipinski definition) is 1. The number of nitrogens with one attached hydrogen (secondary N) is 1. The molecule has 0 aliphatic heterocycles. The summed E-state index contributed by atoms with van der Waals surface area (Å²) in [5.74, 6) is 1.37. The van der Waals surface area contributed by atoms with E-state index in [1.807, 2.05) is 42.5 Å². The first-order valence-corrected chi connectivity index (χ1v) is 9.15. The van der Waals surface area contributed by atoms with Crippen LogP contribution < -0.4 is 10.1 Å². The molecule has 1 N–H and O–H groups in total. The number of benzene rings is 2. The first kappa shape index (κ1) is 18.7. The Kier molecular flexibility index (Phi) is 6.26. The van der Waals surface area contributed by atoms with Crippen LogP contribution >= 0.6 is 0 Å². The Labute approximate surface area is 159 Å². The van der Waals surface area contributed by atoms with Gasteiger partial charge in [-0.3, -0.25) is 4.79 Å². The van der Waals surface area contributed by atoms with E-state index in [0.717, 1.165) is 24.2 Å². The van der Waals surface area contributed by atoms with Crippen LogP contribution in [0.25, 0.3) is 11.3 Å². The zero-order valence-corrected chi connectivity index (χ0v) is 15.6. The van der Waals surface area contributed by atoms with Crippen LogP contribution in [-0.2, 0) is 0 Å². The maximum Gasteiger partial charge on any atom is 0.273 e. The van der Waals surface area contributed by atoms with Gasteiger partial charge in [-0.25, -0.2) is 0 Å². The zero-order valence-electron chi connectivity index (χ0n) is 15.6. The van der Waals surface area contributed by atoms with Crippen molar-refractivity contribution in [1.29, 1.82) is 0 Å². The highest BCUT2D eigenvalue weighted by molar-refractivity contribution is 5.93. The molecule has 0 radical (unpaired) electrons. The fourth-order valence-electron chi connectivity index (χ4n) is 3.04. The number of nitrogens with zero attached hydrogens (tertiary/aromatic N) is 1. The predicted octanol–water partition coefficient (Wildman–Crippen LogP) is 4.66. The molecule has 0 unspecified atom stereocenters. The lowest BCUT2D eigenvalue weighted by Crippen LogP contribution is -2.28. The SMILES string of the molecule is CCC[C@@H](CNC(=O)c1cc(-c2ccc(OC)cc2)on1)c1ccccc1. The molecule has 1 atom stereocenters. The van der Waals surface area contributed by atoms with Crippen LogP contribution in [0.3, 0.4) is 0 Å². The van der Waals surface area contributed by atoms with Gasteiger partial charge in [0.2, 0.25) is 0 Å². The predicted molar refractivity (Wildman–Crippen MR) is 105 cm³/mol. The topological polar surface area (TPSA) is 64.4 Å². The van der Waals surface area contributed by atoms with Crippen molar-refractivity contribution in [3.05, 3.63) is 71.9 Å². The van der Waals surface area contributed by atoms with Crippen molar-refractivity contribution in [1.82, 2.24) is 10.5 Å². The van der Waals surface area contributed by atoms with E-state index < -0.39 is 0 Å². The van der Waals surface area contributed by atoms with Gasteiger partial charge >= 0.3 is 0 Å². The van der Waals surface area contributed by atoms with Gasteiger partial charge < -0.3 is 14.6 Å². The fraction of sp³-hybridized carbons (Fsp3) is 0.273. The molecule has 140 valence electrons. The minimum atomic E-state index is -0.226. The summed E-state index contributed by atoms with van der Waals surface area (Å²) in [5.41, 5.74) is 2.36. The van der Waals surface area contributed by atoms with Gasteiger partial charge in [0.25, 0.3) is 5.91 Å². The van der Waals surface area contributed by atoms with Gasteiger partial charge in [0.05, 0.1) is 7.11 Å². The largest absolute Gasteiger partial charge is 0.497 e. The Bertz CT molecular complexity index is 857. The molecule has 0 saturated heterocycles. The van der Waals surface area contributed by atoms with Crippen LogP contribution in [-0.4, -0.2) is 24.7 Å². The molecule has 5 heteroatoms. The van der Waals surface area contributed by atoms with Crippen LogP contribution in [0.4, 0.5) is 0 Å². The molecule has 3 rings (SSSR count). The molecular formula is C22H24N2O3. The number of hydrogen-bond acceptors (Lipinski definition) is 4. The average molecular weight is 364 g/mol. The molecule has 0 bridgehead atoms. The second-order valence-electron chi connectivity index (χ2n) is 6.41. The molecular weight excluding hydrogens is 340 g/mol. The van der Waals surface area contributed by atoms with Gasteiger partial charge in [-0.1, -0.05) is 48.8 Å². The van der Waals surface area contributed by atoms with E-state index in [4.69, 9.17) is 9.26 Å². The molecule has 2 aromatic carbocycles. The lowest BCUT2D eigenvalue weighted by Gasteiger charge is -2.17. The van der Waals surface area contributed by atoms with Gasteiger partial charge in [-0.15, -0.1) is 0 Å². The van der Waals surface area contributed by atoms with Crippen molar-refractivity contribution in [2.24, 2.45) is 0 Å². The molecule has 1 amide bonds. The first-order valence-electron chi connectivity index (χ1n) is 9.15. The molecule has 1 aromatic heterocycles. The monoisotopic (exact) mass is 364 g/mol. The Balaban J connectivity index is 1.64. The van der Waals surface area contributed by atoms with E-state index in [1.165, 1.54) is 5.56 Å². The fourth-order valence-corrected chi connectivity index (χ4v) is 3.04. The van der Waals surface area contributed by atoms with Crippen molar-refractivity contribution in [2.45, 2.75) is 25.7 Å². The second-order valence-corrected chi connectivity index (χ2v) is 6.41. The van der Waals surface area contributed by atoms with Crippen LogP contribution in [0, 0.1) is 0 Å². The summed E-state index contributed by atoms with van der Waals surface area (Å²) in [5, 5.41) is 6.90. The summed E-state index contributed by atoms with van der Waals surface area (Å²) in [7, 11) is 1.62. The molecule has 5 nitrogen and oxygen atoms in total. The number of rotatable bonds is 8. The Morgan fingerprint density at radius 2 is 1.89 bits per heavy atom. The minimum Gasteiger partial charge on any atom is -0.497 e. The van der Waals surface area contributed by atoms with Gasteiger partial charge in [0, 0.05) is 24.1 Å². The average Bonchev–Trinajstić information content (AvgIpc) is 3.22. The maximum atomic E-state index is 12.5. The summed E-state index contributed by atoms with van der Waals surface area (Å²) in [6.07, 6.45) is 2.07. The molecule has 0 spiro atoms. The van der Waals surface area contributed by atoms with Crippen LogP contribution in [0.15, 0.2) is 65.2 Å². The Morgan fingerprint density at radius 1 is 1.15 bits per heavy atom. The quantitative estimate of drug-likeness (QED) is 0.631. The normalized spacial score (nSPS) is 11.8. The highest BCUT2D eigenvalue weighted by atomic mass is 16.5. The lowest BCUT2D eigenvalue weighted by molar-refractivity contribution is 0.0941. The van der Waals surface area contributed by atoms with E-state index in [0.29, 0.717) is 12.3 Å². The standard InChI is InChI=1S/C22H24N2O3/c1-3-7-18(16-8-5-4-6-9-16)15-23-22(25)20-14-21(27-24-20)17-10-12-19(26-2)13-11-17/h4-6,8-14,18H,3,7,15H2,1-2H3,(H,23,25)/t18-/m0/s1. The van der Waals surface area contributed by atoms with Crippen molar-refractivity contribution in [3.8, 4) is 17.1 Å². The number of ether oxygens (including phenoxy) is 1. The van der Waals surface area contributed by atoms with Crippen LogP contribution in [0.5, 0.6) is 5.75 Å². The van der Waals surface area contributed by atoms with Crippen LogP contribution in [0.2, 0.25) is 0 Å². The number of carbonyl (C=O) groups excluding carboxylic acids is 1. The highest BCUT2D eigenvalue weighted by Crippen LogP contribution is 2.23. The Morgan fingerprint density at radius 3 is 2.56 bits per heavy atom. The Hall–Kier alpha value is -3.08. The third-order valence-electron chi connectivity index (χ3n) is 4.53. The van der Waals surface area contributed by atoms with E-state index in [1.54, 1.807) is 13.2 Å². The first-order chi connectivity index (χ1) is 13.2. The second kappa shape index (κ2) is 9.03. The summed E-state index contributed by atoms with van der Waals surface area (Å²) in [4.78, 5) is 12.5. The highest BCUT2D eigenvalue weighted by Gasteiger charge is 2.16. The molecule has 0 aliphatic rings. The van der Waals surface area contributed by atoms with Gasteiger partial charge in [0.1, 0.15) is 5.75 Å². The molecule has 0 fully saturated rings. The van der Waals surface area contributed by atoms with Crippen LogP contribution in [0.1, 0.15) is 41.7 Å². The van der Waals surface area contributed by atoms with Gasteiger partial charge in [-0.05, 0) is 36.2 Å². The third kappa shape index (κ3) is 4.76. The molecule has 0 saturated carbocycles. The van der Waals surface area contributed by atoms with Crippen molar-refractivity contribution in [3.63, 3.8) is 0 Å². The van der Waals surface area contributed by atoms with Gasteiger partial charge in [0.15, 0.2) is 11.5 Å². The number of carbonyl (C=O) groups is 1. The molecule has 0 aliphatic carbocycles. The summed E-state index contributed by atoms with van der Waals surface area (Å²) < 4.78 is 10.5.